The maximum atomic E-state index is 14.0. The van der Waals surface area contributed by atoms with Gasteiger partial charge in [-0.05, 0) is 90.9 Å². The van der Waals surface area contributed by atoms with Crippen molar-refractivity contribution in [2.75, 3.05) is 24.3 Å². The minimum atomic E-state index is -0.791. The molecule has 0 spiro atoms. The van der Waals surface area contributed by atoms with Gasteiger partial charge in [0, 0.05) is 53.1 Å². The van der Waals surface area contributed by atoms with Crippen LogP contribution in [-0.2, 0) is 10.2 Å². The maximum absolute atomic E-state index is 14.0. The van der Waals surface area contributed by atoms with Gasteiger partial charge in [-0.25, -0.2) is 4.98 Å². The number of carbonyl (C=O) groups excluding carboxylic acids is 1. The largest absolute Gasteiger partial charge is 0.362 e. The Morgan fingerprint density at radius 2 is 1.20 bits per heavy atom. The number of nitrogens with zero attached hydrogens (tertiary/aromatic N) is 3. The minimum Gasteiger partial charge on any atom is -0.362 e. The van der Waals surface area contributed by atoms with Gasteiger partial charge in [0.15, 0.2) is 0 Å². The number of para-hydroxylation sites is 1. The van der Waals surface area contributed by atoms with Crippen molar-refractivity contribution in [3.63, 3.8) is 0 Å². The molecule has 236 valence electrons. The zero-order chi connectivity index (χ0) is 32.3. The summed E-state index contributed by atoms with van der Waals surface area (Å²) in [5.41, 5.74) is 2.99. The third-order valence-corrected chi connectivity index (χ3v) is 9.62. The lowest BCUT2D eigenvalue weighted by Gasteiger charge is -2.37. The summed E-state index contributed by atoms with van der Waals surface area (Å²) in [4.78, 5) is 25.6. The molecule has 1 aliphatic carbocycles. The molecule has 1 aliphatic rings. The van der Waals surface area contributed by atoms with Crippen molar-refractivity contribution in [2.24, 2.45) is 0 Å². The summed E-state index contributed by atoms with van der Waals surface area (Å²) >= 11 is 18.9. The zero-order valence-corrected chi connectivity index (χ0v) is 28.1. The van der Waals surface area contributed by atoms with E-state index in [9.17, 15) is 4.79 Å². The van der Waals surface area contributed by atoms with Crippen LogP contribution >= 0.6 is 34.8 Å². The Morgan fingerprint density at radius 3 is 1.70 bits per heavy atom. The highest BCUT2D eigenvalue weighted by molar-refractivity contribution is 6.31. The van der Waals surface area contributed by atoms with E-state index in [0.717, 1.165) is 59.1 Å². The minimum absolute atomic E-state index is 0.0234. The highest BCUT2D eigenvalue weighted by Crippen LogP contribution is 2.43. The van der Waals surface area contributed by atoms with E-state index in [0.29, 0.717) is 21.0 Å². The Labute approximate surface area is 285 Å². The third kappa shape index (κ3) is 6.95. The van der Waals surface area contributed by atoms with Crippen LogP contribution in [0.2, 0.25) is 15.1 Å². The van der Waals surface area contributed by atoms with Gasteiger partial charge in [0.25, 0.3) is 0 Å². The number of hydrogen-bond acceptors (Lipinski definition) is 5. The SMILES string of the molecule is CN(C)c1nc(N[C@H]2CC[C@@H](NC(=O)CC(c3ccc(Cl)cc3)(c3ccc(Cl)cc3)c3ccc(Cl)cc3)CC2)nc2ccccc12. The summed E-state index contributed by atoms with van der Waals surface area (Å²) in [6.45, 7) is 0. The molecule has 9 heteroatoms. The maximum Gasteiger partial charge on any atom is 0.225 e. The summed E-state index contributed by atoms with van der Waals surface area (Å²) in [5.74, 6) is 1.50. The molecule has 46 heavy (non-hydrogen) atoms. The summed E-state index contributed by atoms with van der Waals surface area (Å²) in [6, 6.07) is 31.5. The molecule has 2 N–H and O–H groups in total. The van der Waals surface area contributed by atoms with Gasteiger partial charge in [-0.2, -0.15) is 4.98 Å². The molecule has 0 unspecified atom stereocenters. The van der Waals surface area contributed by atoms with Crippen LogP contribution in [0.3, 0.4) is 0 Å². The predicted octanol–water partition coefficient (Wildman–Crippen LogP) is 8.92. The Kier molecular flexibility index (Phi) is 9.69. The molecule has 6 nitrogen and oxygen atoms in total. The lowest BCUT2D eigenvalue weighted by molar-refractivity contribution is -0.122. The lowest BCUT2D eigenvalue weighted by Crippen LogP contribution is -2.43. The second-order valence-electron chi connectivity index (χ2n) is 12.1. The second-order valence-corrected chi connectivity index (χ2v) is 13.5. The topological polar surface area (TPSA) is 70.2 Å². The van der Waals surface area contributed by atoms with Gasteiger partial charge < -0.3 is 15.5 Å². The fourth-order valence-electron chi connectivity index (χ4n) is 6.56. The number of benzene rings is 4. The molecule has 1 aromatic heterocycles. The van der Waals surface area contributed by atoms with Crippen LogP contribution in [0.1, 0.15) is 48.8 Å². The van der Waals surface area contributed by atoms with Crippen molar-refractivity contribution in [2.45, 2.75) is 49.6 Å². The van der Waals surface area contributed by atoms with Gasteiger partial charge in [-0.1, -0.05) is 83.3 Å². The van der Waals surface area contributed by atoms with E-state index in [2.05, 4.69) is 10.6 Å². The third-order valence-electron chi connectivity index (χ3n) is 8.87. The number of halogens is 3. The van der Waals surface area contributed by atoms with Gasteiger partial charge in [-0.3, -0.25) is 4.79 Å². The number of hydrogen-bond donors (Lipinski definition) is 2. The molecule has 4 aromatic carbocycles. The summed E-state index contributed by atoms with van der Waals surface area (Å²) in [5, 5.41) is 9.85. The van der Waals surface area contributed by atoms with Gasteiger partial charge in [-0.15, -0.1) is 0 Å². The van der Waals surface area contributed by atoms with Crippen molar-refractivity contribution in [1.82, 2.24) is 15.3 Å². The van der Waals surface area contributed by atoms with Gasteiger partial charge in [0.05, 0.1) is 10.9 Å². The van der Waals surface area contributed by atoms with E-state index >= 15 is 0 Å². The molecule has 5 aromatic rings. The number of aromatic nitrogens is 2. The molecule has 1 amide bonds. The average molecular weight is 673 g/mol. The van der Waals surface area contributed by atoms with Gasteiger partial charge in [0.1, 0.15) is 5.82 Å². The van der Waals surface area contributed by atoms with Crippen molar-refractivity contribution < 1.29 is 4.79 Å². The van der Waals surface area contributed by atoms with Crippen molar-refractivity contribution >= 4 is 63.4 Å². The summed E-state index contributed by atoms with van der Waals surface area (Å²) in [7, 11) is 3.99. The van der Waals surface area contributed by atoms with E-state index in [1.54, 1.807) is 0 Å². The zero-order valence-electron chi connectivity index (χ0n) is 25.8. The van der Waals surface area contributed by atoms with Crippen LogP contribution < -0.4 is 15.5 Å². The van der Waals surface area contributed by atoms with Gasteiger partial charge in [0.2, 0.25) is 11.9 Å². The van der Waals surface area contributed by atoms with Crippen LogP contribution in [0.25, 0.3) is 10.9 Å². The van der Waals surface area contributed by atoms with Crippen LogP contribution in [0.5, 0.6) is 0 Å². The number of fused-ring (bicyclic) bond motifs is 1. The van der Waals surface area contributed by atoms with Gasteiger partial charge >= 0.3 is 0 Å². The van der Waals surface area contributed by atoms with E-state index in [4.69, 9.17) is 44.8 Å². The fraction of sp³-hybridized carbons (Fsp3) is 0.270. The van der Waals surface area contributed by atoms with E-state index in [1.807, 2.05) is 116 Å². The van der Waals surface area contributed by atoms with Crippen LogP contribution in [0.15, 0.2) is 97.1 Å². The first-order chi connectivity index (χ1) is 22.2. The number of nitrogens with one attached hydrogen (secondary N) is 2. The van der Waals surface area contributed by atoms with Crippen LogP contribution in [0, 0.1) is 0 Å². The first kappa shape index (κ1) is 32.1. The number of rotatable bonds is 9. The van der Waals surface area contributed by atoms with E-state index < -0.39 is 5.41 Å². The quantitative estimate of drug-likeness (QED) is 0.153. The second kappa shape index (κ2) is 13.9. The molecule has 1 heterocycles. The smallest absolute Gasteiger partial charge is 0.225 e. The predicted molar refractivity (Wildman–Crippen MR) is 191 cm³/mol. The molecule has 0 atom stereocenters. The molecule has 1 saturated carbocycles. The first-order valence-corrected chi connectivity index (χ1v) is 16.6. The molecular weight excluding hydrogens is 637 g/mol. The monoisotopic (exact) mass is 671 g/mol. The normalized spacial score (nSPS) is 16.6. The number of amides is 1. The molecule has 1 fully saturated rings. The number of anilines is 2. The first-order valence-electron chi connectivity index (χ1n) is 15.5. The molecule has 0 saturated heterocycles. The molecular formula is C37H36Cl3N5O. The van der Waals surface area contributed by atoms with Crippen LogP contribution in [-0.4, -0.2) is 42.1 Å². The van der Waals surface area contributed by atoms with Crippen molar-refractivity contribution in [3.8, 4) is 0 Å². The molecule has 6 rings (SSSR count). The summed E-state index contributed by atoms with van der Waals surface area (Å²) in [6.07, 6.45) is 3.71. The lowest BCUT2D eigenvalue weighted by atomic mass is 9.67. The molecule has 0 aliphatic heterocycles. The average Bonchev–Trinajstić information content (AvgIpc) is 3.05. The Morgan fingerprint density at radius 1 is 0.717 bits per heavy atom. The molecule has 0 bridgehead atoms. The van der Waals surface area contributed by atoms with Crippen molar-refractivity contribution in [1.29, 1.82) is 0 Å². The number of carbonyl (C=O) groups is 1. The fourth-order valence-corrected chi connectivity index (χ4v) is 6.94. The highest BCUT2D eigenvalue weighted by atomic mass is 35.5. The molecule has 0 radical (unpaired) electrons. The standard InChI is InChI=1S/C37H36Cl3N5O/c1-45(2)35-32-5-3-4-6-33(32)43-36(44-35)42-31-21-19-30(20-22-31)41-34(46)23-37(24-7-13-27(38)14-8-24,25-9-15-28(39)16-10-25)26-11-17-29(40)18-12-26/h3-18,30-31H,19-23H2,1-2H3,(H,41,46)(H,42,43,44)/t30-,31+. The van der Waals surface area contributed by atoms with E-state index in [-0.39, 0.29) is 24.4 Å². The highest BCUT2D eigenvalue weighted by Gasteiger charge is 2.39. The Hall–Kier alpha value is -3.84. The Bertz CT molecular complexity index is 1690. The van der Waals surface area contributed by atoms with Crippen molar-refractivity contribution in [3.05, 3.63) is 129 Å². The van der Waals surface area contributed by atoms with E-state index in [1.165, 1.54) is 0 Å². The van der Waals surface area contributed by atoms with Crippen LogP contribution in [0.4, 0.5) is 11.8 Å². The Balaban J connectivity index is 1.20. The summed E-state index contributed by atoms with van der Waals surface area (Å²) < 4.78 is 0.